The molecule has 0 aliphatic heterocycles. The zero-order chi connectivity index (χ0) is 13.8. The van der Waals surface area contributed by atoms with E-state index in [4.69, 9.17) is 5.84 Å². The van der Waals surface area contributed by atoms with E-state index in [2.05, 4.69) is 52.6 Å². The van der Waals surface area contributed by atoms with Gasteiger partial charge in [-0.1, -0.05) is 24.3 Å². The third-order valence-electron chi connectivity index (χ3n) is 3.58. The van der Waals surface area contributed by atoms with Crippen molar-refractivity contribution >= 4 is 32.8 Å². The monoisotopic (exact) mass is 302 g/mol. The first-order chi connectivity index (χ1) is 9.88. The summed E-state index contributed by atoms with van der Waals surface area (Å²) in [5.41, 5.74) is 4.32. The third kappa shape index (κ3) is 2.94. The molecule has 1 unspecified atom stereocenters. The molecular weight excluding hydrogens is 284 g/mol. The number of fused-ring (bicyclic) bond motifs is 1. The fraction of sp³-hybridized carbons (Fsp3) is 0.250. The average Bonchev–Trinajstić information content (AvgIpc) is 3.14. The van der Waals surface area contributed by atoms with Crippen molar-refractivity contribution in [1.29, 1.82) is 0 Å². The highest BCUT2D eigenvalue weighted by Crippen LogP contribution is 2.31. The van der Waals surface area contributed by atoms with Gasteiger partial charge in [-0.25, -0.2) is 0 Å². The van der Waals surface area contributed by atoms with Gasteiger partial charge in [-0.2, -0.15) is 0 Å². The first kappa shape index (κ1) is 13.8. The molecule has 3 rings (SSSR count). The molecule has 104 valence electrons. The number of rotatable bonds is 6. The van der Waals surface area contributed by atoms with Crippen LogP contribution in [0.2, 0.25) is 0 Å². The van der Waals surface area contributed by atoms with E-state index in [1.165, 1.54) is 20.5 Å². The van der Waals surface area contributed by atoms with Crippen LogP contribution in [0.25, 0.3) is 10.1 Å². The van der Waals surface area contributed by atoms with Crippen molar-refractivity contribution in [3.63, 3.8) is 0 Å². The van der Waals surface area contributed by atoms with Gasteiger partial charge < -0.3 is 0 Å². The minimum absolute atomic E-state index is 0.234. The van der Waals surface area contributed by atoms with Crippen LogP contribution in [0.1, 0.15) is 29.3 Å². The maximum atomic E-state index is 5.78. The van der Waals surface area contributed by atoms with Crippen molar-refractivity contribution < 1.29 is 0 Å². The van der Waals surface area contributed by atoms with Crippen molar-refractivity contribution in [2.45, 2.75) is 25.3 Å². The van der Waals surface area contributed by atoms with Crippen LogP contribution in [0.15, 0.2) is 47.2 Å². The van der Waals surface area contributed by atoms with Gasteiger partial charge in [-0.05, 0) is 53.1 Å². The Hall–Kier alpha value is -1.20. The van der Waals surface area contributed by atoms with Crippen LogP contribution in [0.4, 0.5) is 0 Å². The summed E-state index contributed by atoms with van der Waals surface area (Å²) >= 11 is 3.63. The third-order valence-corrected chi connectivity index (χ3v) is 5.50. The van der Waals surface area contributed by atoms with Crippen molar-refractivity contribution in [2.24, 2.45) is 5.84 Å². The Morgan fingerprint density at radius 3 is 2.80 bits per heavy atom. The Labute approximate surface area is 127 Å². The average molecular weight is 302 g/mol. The smallest absolute Gasteiger partial charge is 0.0474 e. The number of thiophene rings is 2. The largest absolute Gasteiger partial charge is 0.271 e. The predicted octanol–water partition coefficient (Wildman–Crippen LogP) is 4.49. The van der Waals surface area contributed by atoms with Crippen molar-refractivity contribution in [3.8, 4) is 0 Å². The first-order valence-corrected chi connectivity index (χ1v) is 8.59. The summed E-state index contributed by atoms with van der Waals surface area (Å²) in [6.07, 6.45) is 3.35. The maximum absolute atomic E-state index is 5.78. The van der Waals surface area contributed by atoms with E-state index < -0.39 is 0 Å². The summed E-state index contributed by atoms with van der Waals surface area (Å²) in [7, 11) is 0. The number of nitrogens with one attached hydrogen (secondary N) is 1. The molecule has 1 atom stereocenters. The van der Waals surface area contributed by atoms with E-state index in [1.807, 2.05) is 11.3 Å². The first-order valence-electron chi connectivity index (χ1n) is 6.83. The lowest BCUT2D eigenvalue weighted by Gasteiger charge is -2.17. The lowest BCUT2D eigenvalue weighted by Crippen LogP contribution is -2.28. The minimum atomic E-state index is 0.234. The Kier molecular flexibility index (Phi) is 4.47. The van der Waals surface area contributed by atoms with Crippen molar-refractivity contribution in [1.82, 2.24) is 5.43 Å². The van der Waals surface area contributed by atoms with Crippen LogP contribution >= 0.6 is 22.7 Å². The lowest BCUT2D eigenvalue weighted by molar-refractivity contribution is 0.503. The highest BCUT2D eigenvalue weighted by molar-refractivity contribution is 7.17. The molecule has 0 saturated heterocycles. The Balaban J connectivity index is 1.71. The van der Waals surface area contributed by atoms with E-state index >= 15 is 0 Å². The highest BCUT2D eigenvalue weighted by atomic mass is 32.1. The highest BCUT2D eigenvalue weighted by Gasteiger charge is 2.13. The molecule has 0 spiro atoms. The molecule has 0 fully saturated rings. The minimum Gasteiger partial charge on any atom is -0.271 e. The summed E-state index contributed by atoms with van der Waals surface area (Å²) in [6.45, 7) is 0. The Bertz CT molecular complexity index is 658. The molecule has 0 aliphatic carbocycles. The second kappa shape index (κ2) is 6.50. The molecular formula is C16H18N2S2. The van der Waals surface area contributed by atoms with Crippen molar-refractivity contribution in [2.75, 3.05) is 0 Å². The quantitative estimate of drug-likeness (QED) is 0.520. The van der Waals surface area contributed by atoms with E-state index in [1.54, 1.807) is 11.3 Å². The normalized spacial score (nSPS) is 12.8. The molecule has 0 radical (unpaired) electrons. The summed E-state index contributed by atoms with van der Waals surface area (Å²) in [4.78, 5) is 1.45. The van der Waals surface area contributed by atoms with Crippen molar-refractivity contribution in [3.05, 3.63) is 57.6 Å². The molecule has 4 heteroatoms. The van der Waals surface area contributed by atoms with E-state index in [-0.39, 0.29) is 6.04 Å². The number of aryl methyl sites for hydroxylation is 1. The molecule has 2 heterocycles. The number of hydrogen-bond acceptors (Lipinski definition) is 4. The van der Waals surface area contributed by atoms with Gasteiger partial charge in [0.25, 0.3) is 0 Å². The van der Waals surface area contributed by atoms with Crippen LogP contribution in [0.3, 0.4) is 0 Å². The van der Waals surface area contributed by atoms with E-state index in [0.717, 1.165) is 19.3 Å². The molecule has 2 aromatic heterocycles. The molecule has 2 nitrogen and oxygen atoms in total. The molecule has 0 bridgehead atoms. The fourth-order valence-electron chi connectivity index (χ4n) is 2.55. The summed E-state index contributed by atoms with van der Waals surface area (Å²) in [5.74, 6) is 5.78. The van der Waals surface area contributed by atoms with Gasteiger partial charge in [0.15, 0.2) is 0 Å². The summed E-state index contributed by atoms with van der Waals surface area (Å²) in [5, 5.41) is 5.60. The van der Waals surface area contributed by atoms with Gasteiger partial charge in [-0.3, -0.25) is 11.3 Å². The molecule has 3 N–H and O–H groups in total. The predicted molar refractivity (Wildman–Crippen MR) is 89.1 cm³/mol. The molecule has 0 aliphatic rings. The molecule has 0 amide bonds. The SMILES string of the molecule is NNC(CCCc1cccs1)c1cccc2ccsc12. The van der Waals surface area contributed by atoms with E-state index in [9.17, 15) is 0 Å². The molecule has 1 aromatic carbocycles. The second-order valence-corrected chi connectivity index (χ2v) is 6.83. The maximum Gasteiger partial charge on any atom is 0.0474 e. The molecule has 3 aromatic rings. The van der Waals surface area contributed by atoms with Gasteiger partial charge in [0, 0.05) is 15.6 Å². The second-order valence-electron chi connectivity index (χ2n) is 4.88. The van der Waals surface area contributed by atoms with Crippen LogP contribution in [0, 0.1) is 0 Å². The number of nitrogens with two attached hydrogens (primary N) is 1. The molecule has 0 saturated carbocycles. The van der Waals surface area contributed by atoms with Gasteiger partial charge >= 0.3 is 0 Å². The standard InChI is InChI=1S/C16H18N2S2/c17-18-15(8-2-5-13-6-3-10-19-13)14-7-1-4-12-9-11-20-16(12)14/h1,3-4,6-7,9-11,15,18H,2,5,8,17H2. The number of benzene rings is 1. The Morgan fingerprint density at radius 2 is 2.00 bits per heavy atom. The molecule has 20 heavy (non-hydrogen) atoms. The van der Waals surface area contributed by atoms with Gasteiger partial charge in [-0.15, -0.1) is 22.7 Å². The zero-order valence-electron chi connectivity index (χ0n) is 11.2. The van der Waals surface area contributed by atoms with Gasteiger partial charge in [0.2, 0.25) is 0 Å². The van der Waals surface area contributed by atoms with Crippen LogP contribution in [0.5, 0.6) is 0 Å². The number of hydrazine groups is 1. The van der Waals surface area contributed by atoms with Gasteiger partial charge in [0.1, 0.15) is 0 Å². The number of hydrogen-bond donors (Lipinski definition) is 2. The van der Waals surface area contributed by atoms with Crippen LogP contribution in [-0.4, -0.2) is 0 Å². The fourth-order valence-corrected chi connectivity index (χ4v) is 4.27. The zero-order valence-corrected chi connectivity index (χ0v) is 12.8. The van der Waals surface area contributed by atoms with E-state index in [0.29, 0.717) is 0 Å². The lowest BCUT2D eigenvalue weighted by atomic mass is 10.00. The van der Waals surface area contributed by atoms with Gasteiger partial charge in [0.05, 0.1) is 0 Å². The summed E-state index contributed by atoms with van der Waals surface area (Å²) < 4.78 is 1.35. The Morgan fingerprint density at radius 1 is 1.05 bits per heavy atom. The summed E-state index contributed by atoms with van der Waals surface area (Å²) in [6, 6.07) is 13.2. The van der Waals surface area contributed by atoms with Crippen LogP contribution < -0.4 is 11.3 Å². The topological polar surface area (TPSA) is 38.0 Å². The van der Waals surface area contributed by atoms with Crippen LogP contribution in [-0.2, 0) is 6.42 Å².